The highest BCUT2D eigenvalue weighted by Gasteiger charge is 2.39. The Hall–Kier alpha value is -1.38. The Morgan fingerprint density at radius 2 is 1.67 bits per heavy atom. The van der Waals surface area contributed by atoms with Gasteiger partial charge in [0.2, 0.25) is 11.8 Å². The number of likely N-dealkylation sites (N-methyl/N-ethyl adjacent to an activating group) is 1. The first-order valence-corrected chi connectivity index (χ1v) is 10.1. The van der Waals surface area contributed by atoms with Crippen LogP contribution in [0.4, 0.5) is 5.69 Å². The summed E-state index contributed by atoms with van der Waals surface area (Å²) in [6.45, 7) is 5.51. The fourth-order valence-electron chi connectivity index (χ4n) is 3.93. The normalized spacial score (nSPS) is 18.7. The van der Waals surface area contributed by atoms with Crippen LogP contribution >= 0.6 is 24.8 Å². The molecule has 30 heavy (non-hydrogen) atoms. The summed E-state index contributed by atoms with van der Waals surface area (Å²) in [4.78, 5) is 29.5. The van der Waals surface area contributed by atoms with E-state index < -0.39 is 5.41 Å². The van der Waals surface area contributed by atoms with Crippen LogP contribution < -0.4 is 10.6 Å². The first-order valence-electron chi connectivity index (χ1n) is 10.1. The number of ether oxygens (including phenoxy) is 1. The molecule has 0 aromatic heterocycles. The second kappa shape index (κ2) is 12.5. The number of nitrogens with zero attached hydrogens (tertiary/aromatic N) is 2. The van der Waals surface area contributed by atoms with Crippen molar-refractivity contribution in [3.63, 3.8) is 0 Å². The molecule has 2 saturated heterocycles. The van der Waals surface area contributed by atoms with E-state index >= 15 is 0 Å². The van der Waals surface area contributed by atoms with E-state index in [-0.39, 0.29) is 36.6 Å². The number of halogens is 2. The van der Waals surface area contributed by atoms with Gasteiger partial charge in [0, 0.05) is 39.0 Å². The Kier molecular flexibility index (Phi) is 11.1. The third-order valence-corrected chi connectivity index (χ3v) is 5.89. The molecule has 0 spiro atoms. The van der Waals surface area contributed by atoms with Crippen molar-refractivity contribution in [3.8, 4) is 0 Å². The first-order chi connectivity index (χ1) is 13.5. The van der Waals surface area contributed by atoms with Crippen molar-refractivity contribution in [2.75, 3.05) is 65.3 Å². The molecular weight excluding hydrogens is 427 g/mol. The molecule has 7 nitrogen and oxygen atoms in total. The predicted molar refractivity (Wildman–Crippen MR) is 124 cm³/mol. The van der Waals surface area contributed by atoms with Gasteiger partial charge in [0.1, 0.15) is 0 Å². The lowest BCUT2D eigenvalue weighted by atomic mass is 9.78. The summed E-state index contributed by atoms with van der Waals surface area (Å²) >= 11 is 0. The van der Waals surface area contributed by atoms with Crippen LogP contribution in [-0.2, 0) is 20.7 Å². The number of hydrogen-bond donors (Lipinski definition) is 2. The Bertz CT molecular complexity index is 668. The number of carbonyl (C=O) groups is 2. The average Bonchev–Trinajstić information content (AvgIpc) is 2.71. The minimum Gasteiger partial charge on any atom is -0.384 e. The van der Waals surface area contributed by atoms with E-state index in [2.05, 4.69) is 22.6 Å². The Morgan fingerprint density at radius 3 is 2.23 bits per heavy atom. The lowest BCUT2D eigenvalue weighted by Gasteiger charge is -2.35. The number of benzene rings is 1. The quantitative estimate of drug-likeness (QED) is 0.676. The summed E-state index contributed by atoms with van der Waals surface area (Å²) in [5, 5.41) is 6.34. The van der Waals surface area contributed by atoms with Crippen LogP contribution in [0.5, 0.6) is 0 Å². The molecule has 170 valence electrons. The standard InChI is InChI=1S/C21H32N4O3.2ClH/c1-24-11-13-25(14-12-24)19(26)15-17-3-5-18(6-4-17)23-20(27)21(16-28-2)7-9-22-10-8-21;;/h3-6,22H,7-16H2,1-2H3,(H,23,27);2*1H. The van der Waals surface area contributed by atoms with Crippen LogP contribution in [0.25, 0.3) is 0 Å². The summed E-state index contributed by atoms with van der Waals surface area (Å²) in [7, 11) is 3.72. The van der Waals surface area contributed by atoms with Crippen molar-refractivity contribution in [2.24, 2.45) is 5.41 Å². The minimum atomic E-state index is -0.476. The van der Waals surface area contributed by atoms with Gasteiger partial charge in [-0.3, -0.25) is 9.59 Å². The zero-order valence-electron chi connectivity index (χ0n) is 17.8. The molecule has 2 heterocycles. The number of carbonyl (C=O) groups excluding carboxylic acids is 2. The van der Waals surface area contributed by atoms with E-state index in [0.29, 0.717) is 13.0 Å². The molecule has 2 N–H and O–H groups in total. The lowest BCUT2D eigenvalue weighted by molar-refractivity contribution is -0.132. The van der Waals surface area contributed by atoms with Gasteiger partial charge in [0.05, 0.1) is 18.4 Å². The number of rotatable bonds is 6. The molecule has 2 fully saturated rings. The van der Waals surface area contributed by atoms with Gasteiger partial charge in [-0.2, -0.15) is 0 Å². The van der Waals surface area contributed by atoms with Gasteiger partial charge in [-0.1, -0.05) is 12.1 Å². The molecule has 0 bridgehead atoms. The molecule has 2 aliphatic rings. The molecule has 3 rings (SSSR count). The first kappa shape index (κ1) is 26.7. The number of hydrogen-bond acceptors (Lipinski definition) is 5. The van der Waals surface area contributed by atoms with Crippen LogP contribution in [0.15, 0.2) is 24.3 Å². The molecule has 0 aliphatic carbocycles. The smallest absolute Gasteiger partial charge is 0.233 e. The molecule has 1 aromatic carbocycles. The number of nitrogens with one attached hydrogen (secondary N) is 2. The van der Waals surface area contributed by atoms with Crippen molar-refractivity contribution in [1.29, 1.82) is 0 Å². The predicted octanol–water partition coefficient (Wildman–Crippen LogP) is 1.80. The van der Waals surface area contributed by atoms with Crippen molar-refractivity contribution in [2.45, 2.75) is 19.3 Å². The van der Waals surface area contributed by atoms with Crippen molar-refractivity contribution in [3.05, 3.63) is 29.8 Å². The van der Waals surface area contributed by atoms with E-state index in [9.17, 15) is 9.59 Å². The summed E-state index contributed by atoms with van der Waals surface area (Å²) in [5.41, 5.74) is 1.25. The van der Waals surface area contributed by atoms with Gasteiger partial charge >= 0.3 is 0 Å². The average molecular weight is 461 g/mol. The molecule has 0 radical (unpaired) electrons. The molecule has 0 saturated carbocycles. The minimum absolute atomic E-state index is 0. The number of anilines is 1. The van der Waals surface area contributed by atoms with Crippen LogP contribution in [-0.4, -0.2) is 81.6 Å². The van der Waals surface area contributed by atoms with E-state index in [0.717, 1.165) is 63.4 Å². The zero-order valence-corrected chi connectivity index (χ0v) is 19.4. The third-order valence-electron chi connectivity index (χ3n) is 5.89. The zero-order chi connectivity index (χ0) is 20.0. The summed E-state index contributed by atoms with van der Waals surface area (Å²) in [6, 6.07) is 7.61. The summed E-state index contributed by atoms with van der Waals surface area (Å²) < 4.78 is 5.34. The van der Waals surface area contributed by atoms with Crippen molar-refractivity contribution < 1.29 is 14.3 Å². The van der Waals surface area contributed by atoms with E-state index in [1.807, 2.05) is 29.2 Å². The monoisotopic (exact) mass is 460 g/mol. The summed E-state index contributed by atoms with van der Waals surface area (Å²) in [6.07, 6.45) is 1.94. The molecule has 0 atom stereocenters. The number of amides is 2. The maximum absolute atomic E-state index is 12.9. The van der Waals surface area contributed by atoms with Crippen LogP contribution in [0.1, 0.15) is 18.4 Å². The molecule has 1 aromatic rings. The number of methoxy groups -OCH3 is 1. The van der Waals surface area contributed by atoms with Gasteiger partial charge in [0.25, 0.3) is 0 Å². The van der Waals surface area contributed by atoms with E-state index in [1.165, 1.54) is 0 Å². The van der Waals surface area contributed by atoms with Gasteiger partial charge in [-0.15, -0.1) is 24.8 Å². The Labute approximate surface area is 191 Å². The van der Waals surface area contributed by atoms with Crippen LogP contribution in [0.2, 0.25) is 0 Å². The highest BCUT2D eigenvalue weighted by Crippen LogP contribution is 2.31. The van der Waals surface area contributed by atoms with Crippen LogP contribution in [0.3, 0.4) is 0 Å². The van der Waals surface area contributed by atoms with Gasteiger partial charge in [-0.25, -0.2) is 0 Å². The maximum atomic E-state index is 12.9. The van der Waals surface area contributed by atoms with E-state index in [4.69, 9.17) is 4.74 Å². The highest BCUT2D eigenvalue weighted by atomic mass is 35.5. The molecule has 9 heteroatoms. The van der Waals surface area contributed by atoms with Crippen molar-refractivity contribution in [1.82, 2.24) is 15.1 Å². The number of piperazine rings is 1. The highest BCUT2D eigenvalue weighted by molar-refractivity contribution is 5.95. The molecule has 2 aliphatic heterocycles. The molecule has 2 amide bonds. The molecule has 0 unspecified atom stereocenters. The van der Waals surface area contributed by atoms with Gasteiger partial charge in [0.15, 0.2) is 0 Å². The largest absolute Gasteiger partial charge is 0.384 e. The SMILES string of the molecule is COCC1(C(=O)Nc2ccc(CC(=O)N3CCN(C)CC3)cc2)CCNCC1.Cl.Cl. The topological polar surface area (TPSA) is 73.9 Å². The fourth-order valence-corrected chi connectivity index (χ4v) is 3.93. The van der Waals surface area contributed by atoms with Crippen LogP contribution in [0, 0.1) is 5.41 Å². The lowest BCUT2D eigenvalue weighted by Crippen LogP contribution is -2.47. The number of piperidine rings is 1. The second-order valence-corrected chi connectivity index (χ2v) is 7.98. The van der Waals surface area contributed by atoms with Crippen molar-refractivity contribution >= 4 is 42.3 Å². The maximum Gasteiger partial charge on any atom is 0.233 e. The Balaban J connectivity index is 0.00000225. The fraction of sp³-hybridized carbons (Fsp3) is 0.619. The Morgan fingerprint density at radius 1 is 1.07 bits per heavy atom. The van der Waals surface area contributed by atoms with E-state index in [1.54, 1.807) is 7.11 Å². The second-order valence-electron chi connectivity index (χ2n) is 7.98. The third kappa shape index (κ3) is 6.82. The summed E-state index contributed by atoms with van der Waals surface area (Å²) in [5.74, 6) is 0.177. The van der Waals surface area contributed by atoms with Gasteiger partial charge in [-0.05, 0) is 50.7 Å². The molecular formula is C21H34Cl2N4O3. The van der Waals surface area contributed by atoms with Gasteiger partial charge < -0.3 is 25.2 Å².